The third-order valence-electron chi connectivity index (χ3n) is 5.55. The van der Waals surface area contributed by atoms with Crippen molar-refractivity contribution in [3.05, 3.63) is 54.1 Å². The summed E-state index contributed by atoms with van der Waals surface area (Å²) in [7, 11) is -1.80. The quantitative estimate of drug-likeness (QED) is 0.730. The van der Waals surface area contributed by atoms with Crippen molar-refractivity contribution in [2.75, 3.05) is 51.3 Å². The van der Waals surface area contributed by atoms with E-state index in [1.807, 2.05) is 30.3 Å². The highest BCUT2D eigenvalue weighted by Gasteiger charge is 2.21. The molecule has 0 aromatic heterocycles. The summed E-state index contributed by atoms with van der Waals surface area (Å²) in [6, 6.07) is 15.2. The number of sulfonamides is 1. The minimum Gasteiger partial charge on any atom is -0.495 e. The van der Waals surface area contributed by atoms with Crippen LogP contribution in [-0.4, -0.2) is 59.7 Å². The van der Waals surface area contributed by atoms with Crippen LogP contribution in [0.3, 0.4) is 0 Å². The normalized spacial score (nSPS) is 15.9. The predicted molar refractivity (Wildman–Crippen MR) is 122 cm³/mol. The van der Waals surface area contributed by atoms with Crippen LogP contribution >= 0.6 is 0 Å². The van der Waals surface area contributed by atoms with Crippen LogP contribution in [0.25, 0.3) is 0 Å². The van der Waals surface area contributed by atoms with E-state index in [2.05, 4.69) is 41.4 Å². The van der Waals surface area contributed by atoms with Gasteiger partial charge in [-0.05, 0) is 35.2 Å². The highest BCUT2D eigenvalue weighted by atomic mass is 32.2. The summed E-state index contributed by atoms with van der Waals surface area (Å²) in [5.41, 5.74) is 2.23. The molecule has 1 saturated heterocycles. The topological polar surface area (TPSA) is 61.9 Å². The second-order valence-corrected chi connectivity index (χ2v) is 10.4. The van der Waals surface area contributed by atoms with Gasteiger partial charge in [0.1, 0.15) is 5.75 Å². The van der Waals surface area contributed by atoms with Gasteiger partial charge in [-0.15, -0.1) is 0 Å². The zero-order chi connectivity index (χ0) is 21.8. The van der Waals surface area contributed by atoms with Crippen molar-refractivity contribution in [2.24, 2.45) is 0 Å². The highest BCUT2D eigenvalue weighted by molar-refractivity contribution is 7.89. The number of anilines is 1. The van der Waals surface area contributed by atoms with Crippen LogP contribution in [0.2, 0.25) is 0 Å². The molecular weight excluding hydrogens is 398 g/mol. The molecule has 0 radical (unpaired) electrons. The number of nitrogens with zero attached hydrogens (tertiary/aromatic N) is 2. The lowest BCUT2D eigenvalue weighted by Crippen LogP contribution is -2.48. The van der Waals surface area contributed by atoms with E-state index in [1.54, 1.807) is 19.2 Å². The summed E-state index contributed by atoms with van der Waals surface area (Å²) in [6.45, 7) is 11.0. The van der Waals surface area contributed by atoms with Gasteiger partial charge in [0.25, 0.3) is 0 Å². The minimum atomic E-state index is -3.49. The first-order chi connectivity index (χ1) is 14.2. The molecule has 0 bridgehead atoms. The second kappa shape index (κ2) is 9.37. The average molecular weight is 432 g/mol. The first-order valence-corrected chi connectivity index (χ1v) is 11.9. The molecule has 0 spiro atoms. The van der Waals surface area contributed by atoms with Gasteiger partial charge >= 0.3 is 0 Å². The van der Waals surface area contributed by atoms with Crippen molar-refractivity contribution in [2.45, 2.75) is 31.1 Å². The number of methoxy groups -OCH3 is 1. The molecule has 0 unspecified atom stereocenters. The molecule has 164 valence electrons. The van der Waals surface area contributed by atoms with E-state index in [9.17, 15) is 8.42 Å². The third kappa shape index (κ3) is 5.53. The van der Waals surface area contributed by atoms with Crippen LogP contribution in [-0.2, 0) is 15.4 Å². The first kappa shape index (κ1) is 22.6. The monoisotopic (exact) mass is 431 g/mol. The zero-order valence-corrected chi connectivity index (χ0v) is 19.2. The molecule has 7 heteroatoms. The summed E-state index contributed by atoms with van der Waals surface area (Å²) in [6.07, 6.45) is 0. The van der Waals surface area contributed by atoms with Gasteiger partial charge in [-0.3, -0.25) is 4.90 Å². The smallest absolute Gasteiger partial charge is 0.240 e. The average Bonchev–Trinajstić information content (AvgIpc) is 2.73. The summed E-state index contributed by atoms with van der Waals surface area (Å²) >= 11 is 0. The molecule has 0 aliphatic carbocycles. The highest BCUT2D eigenvalue weighted by Crippen LogP contribution is 2.28. The SMILES string of the molecule is COc1ccccc1N1CCN(CCNS(=O)(=O)c2ccc(C(C)(C)C)cc2)CC1. The first-order valence-electron chi connectivity index (χ1n) is 10.4. The lowest BCUT2D eigenvalue weighted by molar-refractivity contribution is 0.261. The van der Waals surface area contributed by atoms with E-state index >= 15 is 0 Å². The maximum Gasteiger partial charge on any atom is 0.240 e. The minimum absolute atomic E-state index is 0.00162. The third-order valence-corrected chi connectivity index (χ3v) is 7.03. The molecular formula is C23H33N3O3S. The van der Waals surface area contributed by atoms with Crippen LogP contribution < -0.4 is 14.4 Å². The van der Waals surface area contributed by atoms with Crippen molar-refractivity contribution in [1.82, 2.24) is 9.62 Å². The van der Waals surface area contributed by atoms with Crippen molar-refractivity contribution >= 4 is 15.7 Å². The van der Waals surface area contributed by atoms with Gasteiger partial charge in [0.2, 0.25) is 10.0 Å². The fourth-order valence-electron chi connectivity index (χ4n) is 3.66. The molecule has 3 rings (SSSR count). The van der Waals surface area contributed by atoms with Crippen LogP contribution in [0.5, 0.6) is 5.75 Å². The molecule has 1 aliphatic rings. The van der Waals surface area contributed by atoms with Crippen molar-refractivity contribution in [1.29, 1.82) is 0 Å². The maximum atomic E-state index is 12.6. The molecule has 1 heterocycles. The molecule has 0 atom stereocenters. The predicted octanol–water partition coefficient (Wildman–Crippen LogP) is 3.09. The fourth-order valence-corrected chi connectivity index (χ4v) is 4.68. The van der Waals surface area contributed by atoms with E-state index in [0.29, 0.717) is 18.0 Å². The summed E-state index contributed by atoms with van der Waals surface area (Å²) in [4.78, 5) is 4.92. The van der Waals surface area contributed by atoms with E-state index < -0.39 is 10.0 Å². The molecule has 6 nitrogen and oxygen atoms in total. The number of benzene rings is 2. The van der Waals surface area contributed by atoms with Gasteiger partial charge in [0.05, 0.1) is 17.7 Å². The fraction of sp³-hybridized carbons (Fsp3) is 0.478. The summed E-state index contributed by atoms with van der Waals surface area (Å²) in [5.74, 6) is 0.885. The maximum absolute atomic E-state index is 12.6. The Labute approximate surface area is 180 Å². The van der Waals surface area contributed by atoms with Gasteiger partial charge in [-0.2, -0.15) is 0 Å². The molecule has 2 aromatic rings. The Morgan fingerprint density at radius 2 is 1.60 bits per heavy atom. The van der Waals surface area contributed by atoms with Crippen molar-refractivity contribution in [3.63, 3.8) is 0 Å². The number of piperazine rings is 1. The largest absolute Gasteiger partial charge is 0.495 e. The molecule has 0 amide bonds. The van der Waals surface area contributed by atoms with Crippen molar-refractivity contribution in [3.8, 4) is 5.75 Å². The van der Waals surface area contributed by atoms with Gasteiger partial charge in [0.15, 0.2) is 0 Å². The van der Waals surface area contributed by atoms with E-state index in [1.165, 1.54) is 0 Å². The lowest BCUT2D eigenvalue weighted by Gasteiger charge is -2.36. The molecule has 1 aliphatic heterocycles. The number of hydrogen-bond donors (Lipinski definition) is 1. The number of nitrogens with one attached hydrogen (secondary N) is 1. The van der Waals surface area contributed by atoms with Gasteiger partial charge < -0.3 is 9.64 Å². The molecule has 1 fully saturated rings. The van der Waals surface area contributed by atoms with Gasteiger partial charge in [-0.25, -0.2) is 13.1 Å². The Bertz CT molecular complexity index is 929. The van der Waals surface area contributed by atoms with Gasteiger partial charge in [0, 0.05) is 39.3 Å². The Hall–Kier alpha value is -2.09. The summed E-state index contributed by atoms with van der Waals surface area (Å²) < 4.78 is 33.4. The Morgan fingerprint density at radius 1 is 0.967 bits per heavy atom. The Morgan fingerprint density at radius 3 is 2.20 bits per heavy atom. The summed E-state index contributed by atoms with van der Waals surface area (Å²) in [5, 5.41) is 0. The molecule has 1 N–H and O–H groups in total. The van der Waals surface area contributed by atoms with Crippen LogP contribution in [0.4, 0.5) is 5.69 Å². The second-order valence-electron chi connectivity index (χ2n) is 8.67. The number of hydrogen-bond acceptors (Lipinski definition) is 5. The standard InChI is InChI=1S/C23H33N3O3S/c1-23(2,3)19-9-11-20(12-10-19)30(27,28)24-13-14-25-15-17-26(18-16-25)21-7-5-6-8-22(21)29-4/h5-12,24H,13-18H2,1-4H3. The van der Waals surface area contributed by atoms with Crippen molar-refractivity contribution < 1.29 is 13.2 Å². The van der Waals surface area contributed by atoms with Crippen LogP contribution in [0.1, 0.15) is 26.3 Å². The van der Waals surface area contributed by atoms with E-state index in [0.717, 1.165) is 43.2 Å². The van der Waals surface area contributed by atoms with Gasteiger partial charge in [-0.1, -0.05) is 45.0 Å². The molecule has 2 aromatic carbocycles. The number of rotatable bonds is 7. The molecule has 0 saturated carbocycles. The zero-order valence-electron chi connectivity index (χ0n) is 18.4. The number of para-hydroxylation sites is 2. The Kier molecular flexibility index (Phi) is 7.06. The van der Waals surface area contributed by atoms with E-state index in [4.69, 9.17) is 4.74 Å². The van der Waals surface area contributed by atoms with Crippen LogP contribution in [0.15, 0.2) is 53.4 Å². The van der Waals surface area contributed by atoms with E-state index in [-0.39, 0.29) is 5.41 Å². The molecule has 30 heavy (non-hydrogen) atoms. The van der Waals surface area contributed by atoms with Crippen LogP contribution in [0, 0.1) is 0 Å². The number of ether oxygens (including phenoxy) is 1. The Balaban J connectivity index is 1.49. The lowest BCUT2D eigenvalue weighted by atomic mass is 9.87.